The number of fused-ring (bicyclic) bond motifs is 1. The van der Waals surface area contributed by atoms with Gasteiger partial charge in [0.2, 0.25) is 5.91 Å². The van der Waals surface area contributed by atoms with E-state index in [1.807, 2.05) is 31.4 Å². The number of hydrogen-bond acceptors (Lipinski definition) is 3. The van der Waals surface area contributed by atoms with Gasteiger partial charge in [-0.15, -0.1) is 0 Å². The molecule has 3 rings (SSSR count). The molecule has 1 aromatic carbocycles. The van der Waals surface area contributed by atoms with Gasteiger partial charge in [0.15, 0.2) is 0 Å². The quantitative estimate of drug-likeness (QED) is 0.723. The molecule has 0 unspecified atom stereocenters. The second kappa shape index (κ2) is 7.29. The van der Waals surface area contributed by atoms with Gasteiger partial charge in [-0.05, 0) is 31.0 Å². The SMILES string of the molecule is CCn1c(CCNC(=O)CCc2cnn(C)c2)nc2ccccc21. The molecule has 0 atom stereocenters. The zero-order valence-corrected chi connectivity index (χ0v) is 14.2. The van der Waals surface area contributed by atoms with Crippen LogP contribution < -0.4 is 5.32 Å². The number of aromatic nitrogens is 4. The Bertz CT molecular complexity index is 833. The van der Waals surface area contributed by atoms with Crippen LogP contribution in [0.4, 0.5) is 0 Å². The van der Waals surface area contributed by atoms with Gasteiger partial charge in [0, 0.05) is 39.2 Å². The number of amides is 1. The minimum absolute atomic E-state index is 0.0676. The molecule has 126 valence electrons. The number of para-hydroxylation sites is 2. The van der Waals surface area contributed by atoms with Gasteiger partial charge in [-0.25, -0.2) is 4.98 Å². The summed E-state index contributed by atoms with van der Waals surface area (Å²) in [5, 5.41) is 7.09. The van der Waals surface area contributed by atoms with Crippen LogP contribution in [0, 0.1) is 0 Å². The van der Waals surface area contributed by atoms with E-state index >= 15 is 0 Å². The number of nitrogens with zero attached hydrogens (tertiary/aromatic N) is 4. The lowest BCUT2D eigenvalue weighted by Crippen LogP contribution is -2.26. The molecule has 6 nitrogen and oxygen atoms in total. The van der Waals surface area contributed by atoms with Crippen molar-refractivity contribution < 1.29 is 4.79 Å². The molecule has 0 radical (unpaired) electrons. The van der Waals surface area contributed by atoms with Crippen molar-refractivity contribution in [3.63, 3.8) is 0 Å². The Kier molecular flexibility index (Phi) is 4.93. The first kappa shape index (κ1) is 16.2. The Morgan fingerprint density at radius 2 is 2.08 bits per heavy atom. The van der Waals surface area contributed by atoms with E-state index in [4.69, 9.17) is 0 Å². The van der Waals surface area contributed by atoms with Gasteiger partial charge in [0.05, 0.1) is 17.2 Å². The highest BCUT2D eigenvalue weighted by atomic mass is 16.1. The van der Waals surface area contributed by atoms with Crippen molar-refractivity contribution in [2.75, 3.05) is 6.54 Å². The van der Waals surface area contributed by atoms with Crippen molar-refractivity contribution in [1.82, 2.24) is 24.6 Å². The van der Waals surface area contributed by atoms with Crippen LogP contribution in [-0.2, 0) is 31.2 Å². The smallest absolute Gasteiger partial charge is 0.220 e. The van der Waals surface area contributed by atoms with E-state index in [2.05, 4.69) is 33.0 Å². The van der Waals surface area contributed by atoms with Gasteiger partial charge < -0.3 is 9.88 Å². The molecule has 2 aromatic heterocycles. The standard InChI is InChI=1S/C18H23N5O/c1-3-23-16-7-5-4-6-15(16)21-17(23)10-11-19-18(24)9-8-14-12-20-22(2)13-14/h4-7,12-13H,3,8-11H2,1-2H3,(H,19,24). The molecular formula is C18H23N5O. The van der Waals surface area contributed by atoms with Gasteiger partial charge in [0.1, 0.15) is 5.82 Å². The number of hydrogen-bond donors (Lipinski definition) is 1. The third kappa shape index (κ3) is 3.64. The van der Waals surface area contributed by atoms with Crippen LogP contribution in [0.3, 0.4) is 0 Å². The second-order valence-corrected chi connectivity index (χ2v) is 5.88. The van der Waals surface area contributed by atoms with Crippen molar-refractivity contribution in [3.05, 3.63) is 48.0 Å². The fourth-order valence-electron chi connectivity index (χ4n) is 2.93. The van der Waals surface area contributed by atoms with Crippen molar-refractivity contribution in [2.45, 2.75) is 32.7 Å². The van der Waals surface area contributed by atoms with E-state index in [9.17, 15) is 4.79 Å². The fraction of sp³-hybridized carbons (Fsp3) is 0.389. The van der Waals surface area contributed by atoms with Gasteiger partial charge in [-0.2, -0.15) is 5.10 Å². The Morgan fingerprint density at radius 1 is 1.25 bits per heavy atom. The topological polar surface area (TPSA) is 64.7 Å². The lowest BCUT2D eigenvalue weighted by Gasteiger charge is -2.07. The molecule has 1 N–H and O–H groups in total. The van der Waals surface area contributed by atoms with Crippen LogP contribution in [0.2, 0.25) is 0 Å². The van der Waals surface area contributed by atoms with E-state index in [1.165, 1.54) is 0 Å². The highest BCUT2D eigenvalue weighted by molar-refractivity contribution is 5.77. The minimum atomic E-state index is 0.0676. The third-order valence-corrected chi connectivity index (χ3v) is 4.12. The summed E-state index contributed by atoms with van der Waals surface area (Å²) in [5.41, 5.74) is 3.25. The molecule has 24 heavy (non-hydrogen) atoms. The summed E-state index contributed by atoms with van der Waals surface area (Å²) in [6.07, 6.45) is 5.68. The molecular weight excluding hydrogens is 302 g/mol. The van der Waals surface area contributed by atoms with Crippen LogP contribution in [0.5, 0.6) is 0 Å². The maximum absolute atomic E-state index is 12.0. The molecule has 0 aliphatic rings. The first-order valence-corrected chi connectivity index (χ1v) is 8.35. The summed E-state index contributed by atoms with van der Waals surface area (Å²) in [7, 11) is 1.88. The second-order valence-electron chi connectivity index (χ2n) is 5.88. The highest BCUT2D eigenvalue weighted by Gasteiger charge is 2.09. The molecule has 2 heterocycles. The van der Waals surface area contributed by atoms with E-state index in [0.29, 0.717) is 19.4 Å². The van der Waals surface area contributed by atoms with Gasteiger partial charge in [0.25, 0.3) is 0 Å². The summed E-state index contributed by atoms with van der Waals surface area (Å²) in [5.74, 6) is 1.09. The summed E-state index contributed by atoms with van der Waals surface area (Å²) in [6, 6.07) is 8.14. The van der Waals surface area contributed by atoms with Crippen LogP contribution in [-0.4, -0.2) is 31.8 Å². The minimum Gasteiger partial charge on any atom is -0.356 e. The molecule has 0 saturated heterocycles. The molecule has 0 aliphatic heterocycles. The fourth-order valence-corrected chi connectivity index (χ4v) is 2.93. The van der Waals surface area contributed by atoms with Crippen molar-refractivity contribution in [1.29, 1.82) is 0 Å². The highest BCUT2D eigenvalue weighted by Crippen LogP contribution is 2.16. The zero-order chi connectivity index (χ0) is 16.9. The third-order valence-electron chi connectivity index (χ3n) is 4.12. The Hall–Kier alpha value is -2.63. The van der Waals surface area contributed by atoms with Crippen LogP contribution in [0.1, 0.15) is 24.7 Å². The summed E-state index contributed by atoms with van der Waals surface area (Å²) >= 11 is 0. The maximum atomic E-state index is 12.0. The lowest BCUT2D eigenvalue weighted by atomic mass is 10.2. The van der Waals surface area contributed by atoms with Crippen LogP contribution >= 0.6 is 0 Å². The van der Waals surface area contributed by atoms with E-state index < -0.39 is 0 Å². The number of rotatable bonds is 7. The number of aryl methyl sites for hydroxylation is 3. The number of nitrogens with one attached hydrogen (secondary N) is 1. The molecule has 1 amide bonds. The molecule has 0 fully saturated rings. The number of benzene rings is 1. The van der Waals surface area contributed by atoms with Crippen molar-refractivity contribution in [2.24, 2.45) is 7.05 Å². The van der Waals surface area contributed by atoms with Gasteiger partial charge in [-0.3, -0.25) is 9.48 Å². The monoisotopic (exact) mass is 325 g/mol. The van der Waals surface area contributed by atoms with E-state index in [-0.39, 0.29) is 5.91 Å². The maximum Gasteiger partial charge on any atom is 0.220 e. The van der Waals surface area contributed by atoms with Crippen LogP contribution in [0.25, 0.3) is 11.0 Å². The molecule has 6 heteroatoms. The lowest BCUT2D eigenvalue weighted by molar-refractivity contribution is -0.121. The molecule has 0 spiro atoms. The first-order valence-electron chi connectivity index (χ1n) is 8.35. The Morgan fingerprint density at radius 3 is 2.83 bits per heavy atom. The molecule has 0 aliphatic carbocycles. The van der Waals surface area contributed by atoms with E-state index in [1.54, 1.807) is 10.9 Å². The zero-order valence-electron chi connectivity index (χ0n) is 14.2. The summed E-state index contributed by atoms with van der Waals surface area (Å²) < 4.78 is 3.96. The van der Waals surface area contributed by atoms with Gasteiger partial charge >= 0.3 is 0 Å². The molecule has 3 aromatic rings. The van der Waals surface area contributed by atoms with E-state index in [0.717, 1.165) is 35.4 Å². The average molecular weight is 325 g/mol. The predicted molar refractivity (Wildman–Crippen MR) is 93.6 cm³/mol. The summed E-state index contributed by atoms with van der Waals surface area (Å²) in [6.45, 7) is 3.60. The predicted octanol–water partition coefficient (Wildman–Crippen LogP) is 2.08. The number of carbonyl (C=O) groups is 1. The largest absolute Gasteiger partial charge is 0.356 e. The first-order chi connectivity index (χ1) is 11.7. The van der Waals surface area contributed by atoms with Crippen molar-refractivity contribution in [3.8, 4) is 0 Å². The number of imidazole rings is 1. The molecule has 0 saturated carbocycles. The average Bonchev–Trinajstić information content (AvgIpc) is 3.15. The summed E-state index contributed by atoms with van der Waals surface area (Å²) in [4.78, 5) is 16.7. The molecule has 0 bridgehead atoms. The number of carbonyl (C=O) groups excluding carboxylic acids is 1. The van der Waals surface area contributed by atoms with Crippen molar-refractivity contribution >= 4 is 16.9 Å². The Balaban J connectivity index is 1.51. The Labute approximate surface area is 141 Å². The van der Waals surface area contributed by atoms with Gasteiger partial charge in [-0.1, -0.05) is 12.1 Å². The van der Waals surface area contributed by atoms with Crippen LogP contribution in [0.15, 0.2) is 36.7 Å². The normalized spacial score (nSPS) is 11.1.